The van der Waals surface area contributed by atoms with Crippen molar-refractivity contribution in [3.05, 3.63) is 29.8 Å². The molecule has 5 heteroatoms. The first-order valence-corrected chi connectivity index (χ1v) is 3.71. The molecule has 0 spiro atoms. The molecule has 72 valence electrons. The number of rotatable bonds is 3. The molecule has 0 bridgehead atoms. The van der Waals surface area contributed by atoms with Crippen molar-refractivity contribution < 1.29 is 13.2 Å². The van der Waals surface area contributed by atoms with Crippen LogP contribution in [0, 0.1) is 5.82 Å². The summed E-state index contributed by atoms with van der Waals surface area (Å²) in [5.74, 6) is -3.61. The number of nitrogens with zero attached hydrogens (tertiary/aromatic N) is 1. The average molecular weight is 190 g/mol. The first-order valence-electron chi connectivity index (χ1n) is 3.71. The Morgan fingerprint density at radius 1 is 1.38 bits per heavy atom. The van der Waals surface area contributed by atoms with Gasteiger partial charge in [-0.25, -0.2) is 13.2 Å². The highest BCUT2D eigenvalue weighted by molar-refractivity contribution is 5.12. The van der Waals surface area contributed by atoms with Crippen LogP contribution < -0.4 is 5.73 Å². The second-order valence-electron chi connectivity index (χ2n) is 2.75. The minimum atomic E-state index is -2.99. The number of hydrogen-bond acceptors (Lipinski definition) is 2. The summed E-state index contributed by atoms with van der Waals surface area (Å²) in [4.78, 5) is 3.45. The zero-order chi connectivity index (χ0) is 9.90. The van der Waals surface area contributed by atoms with Crippen LogP contribution in [-0.4, -0.2) is 17.5 Å². The van der Waals surface area contributed by atoms with E-state index in [1.165, 1.54) is 6.20 Å². The van der Waals surface area contributed by atoms with Crippen LogP contribution in [-0.2, 0) is 6.42 Å². The highest BCUT2D eigenvalue weighted by atomic mass is 19.3. The van der Waals surface area contributed by atoms with Gasteiger partial charge in [0, 0.05) is 12.6 Å². The normalized spacial score (nSPS) is 11.7. The predicted octanol–water partition coefficient (Wildman–Crippen LogP) is 1.36. The van der Waals surface area contributed by atoms with Crippen molar-refractivity contribution in [2.24, 2.45) is 5.73 Å². The summed E-state index contributed by atoms with van der Waals surface area (Å²) in [5, 5.41) is 0. The van der Waals surface area contributed by atoms with Crippen molar-refractivity contribution in [2.75, 3.05) is 6.54 Å². The molecular formula is C8H9F3N2. The van der Waals surface area contributed by atoms with E-state index >= 15 is 0 Å². The number of pyridine rings is 1. The molecule has 0 aliphatic carbocycles. The van der Waals surface area contributed by atoms with Crippen molar-refractivity contribution >= 4 is 0 Å². The van der Waals surface area contributed by atoms with E-state index in [9.17, 15) is 13.2 Å². The van der Waals surface area contributed by atoms with Crippen molar-refractivity contribution in [2.45, 2.75) is 12.3 Å². The smallest absolute Gasteiger partial charge is 0.264 e. The maximum Gasteiger partial charge on any atom is 0.264 e. The Bertz CT molecular complexity index is 288. The van der Waals surface area contributed by atoms with Gasteiger partial charge in [0.25, 0.3) is 5.92 Å². The molecule has 0 radical (unpaired) electrons. The minimum absolute atomic E-state index is 0.149. The number of alkyl halides is 2. The quantitative estimate of drug-likeness (QED) is 0.781. The predicted molar refractivity (Wildman–Crippen MR) is 41.9 cm³/mol. The van der Waals surface area contributed by atoms with Crippen molar-refractivity contribution in [3.8, 4) is 0 Å². The van der Waals surface area contributed by atoms with Gasteiger partial charge in [-0.1, -0.05) is 0 Å². The summed E-state index contributed by atoms with van der Waals surface area (Å²) < 4.78 is 37.9. The van der Waals surface area contributed by atoms with E-state index in [1.54, 1.807) is 0 Å². The van der Waals surface area contributed by atoms with Crippen molar-refractivity contribution in [1.82, 2.24) is 4.98 Å². The van der Waals surface area contributed by atoms with Gasteiger partial charge in [-0.2, -0.15) is 0 Å². The second kappa shape index (κ2) is 3.74. The van der Waals surface area contributed by atoms with Crippen LogP contribution in [0.5, 0.6) is 0 Å². The molecule has 0 saturated heterocycles. The standard InChI is InChI=1S/C8H9F3N2/c9-7-1-6(3-13-4-7)2-8(10,11)5-12/h1,3-4H,2,5,12H2. The molecule has 2 nitrogen and oxygen atoms in total. The van der Waals surface area contributed by atoms with E-state index in [2.05, 4.69) is 4.98 Å². The Morgan fingerprint density at radius 2 is 2.08 bits per heavy atom. The largest absolute Gasteiger partial charge is 0.325 e. The highest BCUT2D eigenvalue weighted by Crippen LogP contribution is 2.18. The monoisotopic (exact) mass is 190 g/mol. The van der Waals surface area contributed by atoms with Gasteiger partial charge in [-0.05, 0) is 11.6 Å². The molecule has 1 aromatic heterocycles. The van der Waals surface area contributed by atoms with Crippen LogP contribution >= 0.6 is 0 Å². The lowest BCUT2D eigenvalue weighted by Gasteiger charge is -2.12. The fourth-order valence-electron chi connectivity index (χ4n) is 0.923. The topological polar surface area (TPSA) is 38.9 Å². The van der Waals surface area contributed by atoms with Crippen LogP contribution in [0.25, 0.3) is 0 Å². The lowest BCUT2D eigenvalue weighted by molar-refractivity contribution is 0.0113. The SMILES string of the molecule is NCC(F)(F)Cc1cncc(F)c1. The lowest BCUT2D eigenvalue weighted by atomic mass is 10.1. The van der Waals surface area contributed by atoms with Crippen LogP contribution in [0.3, 0.4) is 0 Å². The lowest BCUT2D eigenvalue weighted by Crippen LogP contribution is -2.30. The molecule has 0 fully saturated rings. The molecule has 2 N–H and O–H groups in total. The number of aromatic nitrogens is 1. The van der Waals surface area contributed by atoms with E-state index in [4.69, 9.17) is 5.73 Å². The van der Waals surface area contributed by atoms with E-state index in [1.807, 2.05) is 0 Å². The highest BCUT2D eigenvalue weighted by Gasteiger charge is 2.27. The minimum Gasteiger partial charge on any atom is -0.325 e. The molecular weight excluding hydrogens is 181 g/mol. The van der Waals surface area contributed by atoms with Gasteiger partial charge in [0.15, 0.2) is 0 Å². The molecule has 0 unspecified atom stereocenters. The Morgan fingerprint density at radius 3 is 2.62 bits per heavy atom. The van der Waals surface area contributed by atoms with E-state index in [0.717, 1.165) is 12.3 Å². The van der Waals surface area contributed by atoms with Crippen LogP contribution in [0.1, 0.15) is 5.56 Å². The summed E-state index contributed by atoms with van der Waals surface area (Å²) >= 11 is 0. The van der Waals surface area contributed by atoms with Crippen molar-refractivity contribution in [1.29, 1.82) is 0 Å². The Hall–Kier alpha value is -1.10. The van der Waals surface area contributed by atoms with Crippen LogP contribution in [0.2, 0.25) is 0 Å². The van der Waals surface area contributed by atoms with E-state index < -0.39 is 24.7 Å². The fraction of sp³-hybridized carbons (Fsp3) is 0.375. The molecule has 0 saturated carbocycles. The molecule has 0 amide bonds. The average Bonchev–Trinajstić information content (AvgIpc) is 2.03. The molecule has 0 aliphatic heterocycles. The molecule has 1 aromatic rings. The molecule has 0 atom stereocenters. The van der Waals surface area contributed by atoms with Gasteiger partial charge in [-0.15, -0.1) is 0 Å². The Labute approximate surface area is 73.6 Å². The maximum atomic E-state index is 12.7. The number of nitrogens with two attached hydrogens (primary N) is 1. The van der Waals surface area contributed by atoms with Crippen molar-refractivity contribution in [3.63, 3.8) is 0 Å². The van der Waals surface area contributed by atoms with Gasteiger partial charge in [0.2, 0.25) is 0 Å². The first-order chi connectivity index (χ1) is 6.03. The van der Waals surface area contributed by atoms with Gasteiger partial charge >= 0.3 is 0 Å². The zero-order valence-corrected chi connectivity index (χ0v) is 6.80. The Balaban J connectivity index is 2.74. The zero-order valence-electron chi connectivity index (χ0n) is 6.80. The molecule has 1 rings (SSSR count). The molecule has 1 heterocycles. The summed E-state index contributed by atoms with van der Waals surface area (Å²) in [6.45, 7) is -0.747. The summed E-state index contributed by atoms with van der Waals surface area (Å²) in [5.41, 5.74) is 4.98. The second-order valence-corrected chi connectivity index (χ2v) is 2.75. The molecule has 0 aliphatic rings. The fourth-order valence-corrected chi connectivity index (χ4v) is 0.923. The first kappa shape index (κ1) is 9.98. The van der Waals surface area contributed by atoms with E-state index in [-0.39, 0.29) is 5.56 Å². The maximum absolute atomic E-state index is 12.7. The van der Waals surface area contributed by atoms with Gasteiger partial charge in [-0.3, -0.25) is 4.98 Å². The Kier molecular flexibility index (Phi) is 2.87. The molecule has 0 aromatic carbocycles. The van der Waals surface area contributed by atoms with Gasteiger partial charge in [0.1, 0.15) is 5.82 Å². The number of hydrogen-bond donors (Lipinski definition) is 1. The van der Waals surface area contributed by atoms with Crippen LogP contribution in [0.4, 0.5) is 13.2 Å². The molecule has 13 heavy (non-hydrogen) atoms. The number of halogens is 3. The van der Waals surface area contributed by atoms with Gasteiger partial charge < -0.3 is 5.73 Å². The van der Waals surface area contributed by atoms with Crippen LogP contribution in [0.15, 0.2) is 18.5 Å². The summed E-state index contributed by atoms with van der Waals surface area (Å²) in [7, 11) is 0. The third-order valence-corrected chi connectivity index (χ3v) is 1.52. The van der Waals surface area contributed by atoms with E-state index in [0.29, 0.717) is 0 Å². The summed E-state index contributed by atoms with van der Waals surface area (Å²) in [6.07, 6.45) is 1.59. The van der Waals surface area contributed by atoms with Gasteiger partial charge in [0.05, 0.1) is 12.7 Å². The summed E-state index contributed by atoms with van der Waals surface area (Å²) in [6, 6.07) is 1.02. The third-order valence-electron chi connectivity index (χ3n) is 1.52. The third kappa shape index (κ3) is 3.02.